The van der Waals surface area contributed by atoms with Crippen molar-refractivity contribution in [1.82, 2.24) is 0 Å². The molecular weight excluding hydrogens is 294 g/mol. The van der Waals surface area contributed by atoms with Crippen LogP contribution in [0.4, 0.5) is 5.69 Å². The highest BCUT2D eigenvalue weighted by Gasteiger charge is 2.25. The summed E-state index contributed by atoms with van der Waals surface area (Å²) in [5, 5.41) is 0. The minimum Gasteiger partial charge on any atom is -0.496 e. The third kappa shape index (κ3) is 2.70. The Balaban J connectivity index is 2.02. The molecule has 23 heavy (non-hydrogen) atoms. The summed E-state index contributed by atoms with van der Waals surface area (Å²) in [5.74, 6) is 1.89. The molecule has 1 aliphatic heterocycles. The quantitative estimate of drug-likeness (QED) is 0.874. The van der Waals surface area contributed by atoms with E-state index in [-0.39, 0.29) is 5.91 Å². The van der Waals surface area contributed by atoms with Crippen LogP contribution >= 0.6 is 0 Å². The topological polar surface area (TPSA) is 48.0 Å². The molecule has 0 N–H and O–H groups in total. The van der Waals surface area contributed by atoms with Gasteiger partial charge in [0.05, 0.1) is 26.5 Å². The number of carbonyl (C=O) groups excluding carboxylic acids is 1. The first-order valence-electron chi connectivity index (χ1n) is 7.42. The van der Waals surface area contributed by atoms with E-state index in [2.05, 4.69) is 0 Å². The normalized spacial score (nSPS) is 13.1. The molecule has 0 spiro atoms. The number of amides is 1. The highest BCUT2D eigenvalue weighted by molar-refractivity contribution is 6.07. The molecule has 5 nitrogen and oxygen atoms in total. The Morgan fingerprint density at radius 1 is 1.13 bits per heavy atom. The molecule has 0 unspecified atom stereocenters. The summed E-state index contributed by atoms with van der Waals surface area (Å²) in [4.78, 5) is 14.7. The van der Waals surface area contributed by atoms with Gasteiger partial charge in [0.2, 0.25) is 0 Å². The molecule has 0 saturated carbocycles. The lowest BCUT2D eigenvalue weighted by atomic mass is 10.1. The molecule has 0 atom stereocenters. The van der Waals surface area contributed by atoms with Crippen molar-refractivity contribution in [3.8, 4) is 17.2 Å². The van der Waals surface area contributed by atoms with Gasteiger partial charge < -0.3 is 19.1 Å². The number of hydrogen-bond donors (Lipinski definition) is 0. The van der Waals surface area contributed by atoms with Gasteiger partial charge in [0.15, 0.2) is 0 Å². The van der Waals surface area contributed by atoms with Gasteiger partial charge in [0.25, 0.3) is 5.91 Å². The van der Waals surface area contributed by atoms with Crippen molar-refractivity contribution in [2.45, 2.75) is 6.92 Å². The summed E-state index contributed by atoms with van der Waals surface area (Å²) >= 11 is 0. The van der Waals surface area contributed by atoms with Gasteiger partial charge in [-0.1, -0.05) is 12.1 Å². The zero-order valence-corrected chi connectivity index (χ0v) is 13.5. The minimum absolute atomic E-state index is 0.0997. The maximum absolute atomic E-state index is 13.0. The summed E-state index contributed by atoms with van der Waals surface area (Å²) in [5.41, 5.74) is 2.18. The van der Waals surface area contributed by atoms with Crippen LogP contribution in [0, 0.1) is 6.92 Å². The highest BCUT2D eigenvalue weighted by Crippen LogP contribution is 2.34. The van der Waals surface area contributed by atoms with E-state index in [1.165, 1.54) is 0 Å². The number of anilines is 1. The fraction of sp³-hybridized carbons (Fsp3) is 0.278. The van der Waals surface area contributed by atoms with Crippen LogP contribution in [0.5, 0.6) is 17.2 Å². The molecule has 0 radical (unpaired) electrons. The van der Waals surface area contributed by atoms with Crippen LogP contribution in [-0.2, 0) is 0 Å². The molecule has 120 valence electrons. The Morgan fingerprint density at radius 2 is 1.78 bits per heavy atom. The zero-order chi connectivity index (χ0) is 16.4. The van der Waals surface area contributed by atoms with Crippen molar-refractivity contribution >= 4 is 11.6 Å². The molecule has 0 bridgehead atoms. The first-order chi connectivity index (χ1) is 11.2. The third-order valence-corrected chi connectivity index (χ3v) is 3.97. The third-order valence-electron chi connectivity index (χ3n) is 3.97. The lowest BCUT2D eigenvalue weighted by Crippen LogP contribution is -2.37. The second-order valence-electron chi connectivity index (χ2n) is 5.28. The van der Waals surface area contributed by atoms with Crippen LogP contribution in [0.2, 0.25) is 0 Å². The lowest BCUT2D eigenvalue weighted by molar-refractivity contribution is 0.0976. The Labute approximate surface area is 135 Å². The largest absolute Gasteiger partial charge is 0.496 e. The average Bonchev–Trinajstić information content (AvgIpc) is 2.60. The molecule has 0 fully saturated rings. The maximum Gasteiger partial charge on any atom is 0.258 e. The number of methoxy groups -OCH3 is 2. The van der Waals surface area contributed by atoms with Crippen LogP contribution in [0.1, 0.15) is 15.9 Å². The summed E-state index contributed by atoms with van der Waals surface area (Å²) in [6.07, 6.45) is 0. The second-order valence-corrected chi connectivity index (χ2v) is 5.28. The molecule has 5 heteroatoms. The van der Waals surface area contributed by atoms with Gasteiger partial charge in [-0.05, 0) is 31.2 Å². The Hall–Kier alpha value is -2.69. The fourth-order valence-electron chi connectivity index (χ4n) is 2.75. The second kappa shape index (κ2) is 6.20. The van der Waals surface area contributed by atoms with E-state index >= 15 is 0 Å². The van der Waals surface area contributed by atoms with Gasteiger partial charge in [0.1, 0.15) is 23.9 Å². The molecule has 2 aromatic carbocycles. The van der Waals surface area contributed by atoms with E-state index in [1.54, 1.807) is 31.3 Å². The Morgan fingerprint density at radius 3 is 2.43 bits per heavy atom. The van der Waals surface area contributed by atoms with Crippen LogP contribution in [0.15, 0.2) is 36.4 Å². The minimum atomic E-state index is -0.0997. The van der Waals surface area contributed by atoms with Crippen molar-refractivity contribution < 1.29 is 19.0 Å². The van der Waals surface area contributed by atoms with E-state index in [9.17, 15) is 4.79 Å². The van der Waals surface area contributed by atoms with Crippen LogP contribution in [-0.4, -0.2) is 33.3 Å². The Bertz CT molecular complexity index is 717. The van der Waals surface area contributed by atoms with Gasteiger partial charge >= 0.3 is 0 Å². The summed E-state index contributed by atoms with van der Waals surface area (Å²) in [6, 6.07) is 11.0. The lowest BCUT2D eigenvalue weighted by Gasteiger charge is -2.29. The molecule has 3 rings (SSSR count). The van der Waals surface area contributed by atoms with Crippen LogP contribution in [0.3, 0.4) is 0 Å². The first kappa shape index (κ1) is 15.2. The number of para-hydroxylation sites is 2. The Kier molecular flexibility index (Phi) is 4.10. The maximum atomic E-state index is 13.0. The monoisotopic (exact) mass is 313 g/mol. The van der Waals surface area contributed by atoms with Crippen molar-refractivity contribution in [3.05, 3.63) is 47.5 Å². The van der Waals surface area contributed by atoms with Crippen LogP contribution in [0.25, 0.3) is 0 Å². The fourth-order valence-corrected chi connectivity index (χ4v) is 2.75. The summed E-state index contributed by atoms with van der Waals surface area (Å²) in [7, 11) is 3.17. The predicted molar refractivity (Wildman–Crippen MR) is 87.9 cm³/mol. The number of ether oxygens (including phenoxy) is 3. The number of nitrogens with zero attached hydrogens (tertiary/aromatic N) is 1. The SMILES string of the molecule is COc1cc(C(=O)N2CCOc3ccccc32)cc(OC)c1C. The number of fused-ring (bicyclic) bond motifs is 1. The van der Waals surface area contributed by atoms with Gasteiger partial charge in [-0.2, -0.15) is 0 Å². The van der Waals surface area contributed by atoms with Crippen molar-refractivity contribution in [2.24, 2.45) is 0 Å². The highest BCUT2D eigenvalue weighted by atomic mass is 16.5. The average molecular weight is 313 g/mol. The molecule has 1 amide bonds. The number of rotatable bonds is 3. The van der Waals surface area contributed by atoms with Crippen molar-refractivity contribution in [3.63, 3.8) is 0 Å². The van der Waals surface area contributed by atoms with E-state index in [1.807, 2.05) is 31.2 Å². The van der Waals surface area contributed by atoms with Crippen LogP contribution < -0.4 is 19.1 Å². The predicted octanol–water partition coefficient (Wildman–Crippen LogP) is 3.05. The van der Waals surface area contributed by atoms with Gasteiger partial charge in [-0.25, -0.2) is 0 Å². The van der Waals surface area contributed by atoms with Gasteiger partial charge in [-0.3, -0.25) is 4.79 Å². The molecule has 0 aliphatic carbocycles. The molecule has 1 heterocycles. The van der Waals surface area contributed by atoms with Gasteiger partial charge in [-0.15, -0.1) is 0 Å². The van der Waals surface area contributed by atoms with Crippen molar-refractivity contribution in [1.29, 1.82) is 0 Å². The molecular formula is C18H19NO4. The van der Waals surface area contributed by atoms with Gasteiger partial charge in [0, 0.05) is 11.1 Å². The number of hydrogen-bond acceptors (Lipinski definition) is 4. The summed E-state index contributed by atoms with van der Waals surface area (Å²) < 4.78 is 16.3. The molecule has 2 aromatic rings. The van der Waals surface area contributed by atoms with E-state index < -0.39 is 0 Å². The smallest absolute Gasteiger partial charge is 0.258 e. The number of carbonyl (C=O) groups is 1. The molecule has 0 aromatic heterocycles. The standard InChI is InChI=1S/C18H19NO4/c1-12-16(21-2)10-13(11-17(12)22-3)18(20)19-8-9-23-15-7-5-4-6-14(15)19/h4-7,10-11H,8-9H2,1-3H3. The van der Waals surface area contributed by atoms with E-state index in [0.29, 0.717) is 30.2 Å². The van der Waals surface area contributed by atoms with Crippen molar-refractivity contribution in [2.75, 3.05) is 32.3 Å². The summed E-state index contributed by atoms with van der Waals surface area (Å²) in [6.45, 7) is 2.88. The molecule has 0 saturated heterocycles. The molecule has 1 aliphatic rings. The zero-order valence-electron chi connectivity index (χ0n) is 13.5. The number of benzene rings is 2. The van der Waals surface area contributed by atoms with E-state index in [0.717, 1.165) is 17.0 Å². The van der Waals surface area contributed by atoms with E-state index in [4.69, 9.17) is 14.2 Å². The first-order valence-corrected chi connectivity index (χ1v) is 7.42.